The second-order valence-electron chi connectivity index (χ2n) is 6.07. The van der Waals surface area contributed by atoms with Crippen molar-refractivity contribution in [1.29, 1.82) is 0 Å². The van der Waals surface area contributed by atoms with Gasteiger partial charge in [0.15, 0.2) is 0 Å². The van der Waals surface area contributed by atoms with Crippen LogP contribution in [0.25, 0.3) is 10.6 Å². The van der Waals surface area contributed by atoms with Gasteiger partial charge in [-0.1, -0.05) is 12.1 Å². The van der Waals surface area contributed by atoms with Gasteiger partial charge >= 0.3 is 0 Å². The fraction of sp³-hybridized carbons (Fsp3) is 0.278. The van der Waals surface area contributed by atoms with Crippen molar-refractivity contribution < 1.29 is 0 Å². The number of H-pyrrole nitrogens is 1. The summed E-state index contributed by atoms with van der Waals surface area (Å²) in [4.78, 5) is 27.4. The Morgan fingerprint density at radius 2 is 2.25 bits per heavy atom. The Morgan fingerprint density at radius 3 is 3.00 bits per heavy atom. The second-order valence-corrected chi connectivity index (χ2v) is 7.01. The topological polar surface area (TPSA) is 61.9 Å². The van der Waals surface area contributed by atoms with E-state index in [4.69, 9.17) is 0 Å². The lowest BCUT2D eigenvalue weighted by Crippen LogP contribution is -2.35. The zero-order valence-corrected chi connectivity index (χ0v) is 14.3. The number of nitrogens with zero attached hydrogens (tertiary/aromatic N) is 3. The van der Waals surface area contributed by atoms with E-state index in [-0.39, 0.29) is 5.56 Å². The summed E-state index contributed by atoms with van der Waals surface area (Å²) in [5, 5.41) is 2.06. The molecule has 1 aliphatic rings. The first-order chi connectivity index (χ1) is 11.7. The van der Waals surface area contributed by atoms with Gasteiger partial charge in [-0.25, -0.2) is 4.98 Å². The van der Waals surface area contributed by atoms with Crippen molar-refractivity contribution in [2.24, 2.45) is 0 Å². The molecule has 5 nitrogen and oxygen atoms in total. The molecule has 0 saturated carbocycles. The summed E-state index contributed by atoms with van der Waals surface area (Å²) in [5.74, 6) is 0.695. The van der Waals surface area contributed by atoms with Crippen LogP contribution >= 0.6 is 11.3 Å². The second kappa shape index (κ2) is 6.30. The van der Waals surface area contributed by atoms with Gasteiger partial charge < -0.3 is 4.98 Å². The first-order valence-corrected chi connectivity index (χ1v) is 8.87. The maximum Gasteiger partial charge on any atom is 0.255 e. The molecule has 0 atom stereocenters. The van der Waals surface area contributed by atoms with E-state index in [1.807, 2.05) is 19.2 Å². The predicted molar refractivity (Wildman–Crippen MR) is 95.0 cm³/mol. The quantitative estimate of drug-likeness (QED) is 0.798. The molecule has 0 aliphatic carbocycles. The average Bonchev–Trinajstić information content (AvgIpc) is 3.11. The Kier molecular flexibility index (Phi) is 4.00. The maximum absolute atomic E-state index is 12.1. The van der Waals surface area contributed by atoms with Gasteiger partial charge in [0.05, 0.1) is 21.8 Å². The molecule has 122 valence electrons. The number of thiophene rings is 1. The molecular formula is C18H18N4OS. The number of aromatic amines is 1. The summed E-state index contributed by atoms with van der Waals surface area (Å²) < 4.78 is 0. The van der Waals surface area contributed by atoms with E-state index in [2.05, 4.69) is 43.4 Å². The number of aromatic nitrogens is 3. The standard InChI is InChI=1S/C18H18N4OS/c1-12-20-15-6-7-22(11-14(15)18(23)21-12)10-13-4-5-16(19-9-13)17-3-2-8-24-17/h2-5,8-9H,6-7,10-11H2,1H3,(H,20,21,23). The Labute approximate surface area is 144 Å². The molecular weight excluding hydrogens is 320 g/mol. The third-order valence-electron chi connectivity index (χ3n) is 4.27. The molecule has 0 amide bonds. The van der Waals surface area contributed by atoms with Crippen LogP contribution in [0.5, 0.6) is 0 Å². The van der Waals surface area contributed by atoms with Crippen molar-refractivity contribution in [2.75, 3.05) is 6.54 Å². The summed E-state index contributed by atoms with van der Waals surface area (Å²) in [6.45, 7) is 4.18. The van der Waals surface area contributed by atoms with Crippen molar-refractivity contribution in [3.8, 4) is 10.6 Å². The van der Waals surface area contributed by atoms with Gasteiger partial charge in [0, 0.05) is 32.3 Å². The van der Waals surface area contributed by atoms with Crippen molar-refractivity contribution in [3.63, 3.8) is 0 Å². The zero-order chi connectivity index (χ0) is 16.5. The fourth-order valence-electron chi connectivity index (χ4n) is 3.09. The van der Waals surface area contributed by atoms with Gasteiger partial charge in [0.25, 0.3) is 5.56 Å². The summed E-state index contributed by atoms with van der Waals surface area (Å²) in [7, 11) is 0. The Morgan fingerprint density at radius 1 is 1.33 bits per heavy atom. The van der Waals surface area contributed by atoms with Crippen molar-refractivity contribution >= 4 is 11.3 Å². The van der Waals surface area contributed by atoms with Crippen LogP contribution in [-0.4, -0.2) is 26.4 Å². The molecule has 24 heavy (non-hydrogen) atoms. The van der Waals surface area contributed by atoms with Crippen LogP contribution in [0.1, 0.15) is 22.6 Å². The SMILES string of the molecule is Cc1nc2c(c(=O)[nH]1)CN(Cc1ccc(-c3cccs3)nc1)CC2. The zero-order valence-electron chi connectivity index (χ0n) is 13.5. The van der Waals surface area contributed by atoms with Crippen LogP contribution < -0.4 is 5.56 Å². The maximum atomic E-state index is 12.1. The van der Waals surface area contributed by atoms with Crippen molar-refractivity contribution in [3.05, 3.63) is 68.8 Å². The molecule has 6 heteroatoms. The summed E-state index contributed by atoms with van der Waals surface area (Å²) in [6, 6.07) is 8.30. The van der Waals surface area contributed by atoms with E-state index in [9.17, 15) is 4.79 Å². The molecule has 1 N–H and O–H groups in total. The number of aryl methyl sites for hydroxylation is 1. The molecule has 0 radical (unpaired) electrons. The average molecular weight is 338 g/mol. The van der Waals surface area contributed by atoms with Crippen LogP contribution in [0.4, 0.5) is 0 Å². The van der Waals surface area contributed by atoms with Gasteiger partial charge in [0.1, 0.15) is 5.82 Å². The van der Waals surface area contributed by atoms with Gasteiger partial charge in [-0.05, 0) is 30.0 Å². The minimum Gasteiger partial charge on any atom is -0.310 e. The fourth-order valence-corrected chi connectivity index (χ4v) is 3.79. The number of nitrogens with one attached hydrogen (secondary N) is 1. The Balaban J connectivity index is 1.49. The van der Waals surface area contributed by atoms with Gasteiger partial charge in [-0.15, -0.1) is 11.3 Å². The van der Waals surface area contributed by atoms with Gasteiger partial charge in [0.2, 0.25) is 0 Å². The van der Waals surface area contributed by atoms with Crippen LogP contribution in [0.3, 0.4) is 0 Å². The highest BCUT2D eigenvalue weighted by Gasteiger charge is 2.20. The van der Waals surface area contributed by atoms with E-state index in [1.165, 1.54) is 4.88 Å². The molecule has 3 aromatic heterocycles. The number of fused-ring (bicyclic) bond motifs is 1. The summed E-state index contributed by atoms with van der Waals surface area (Å²) in [6.07, 6.45) is 2.75. The summed E-state index contributed by atoms with van der Waals surface area (Å²) >= 11 is 1.69. The number of pyridine rings is 1. The van der Waals surface area contributed by atoms with Crippen LogP contribution in [0.15, 0.2) is 40.6 Å². The monoisotopic (exact) mass is 338 g/mol. The van der Waals surface area contributed by atoms with Crippen molar-refractivity contribution in [2.45, 2.75) is 26.4 Å². The first kappa shape index (κ1) is 15.2. The van der Waals surface area contributed by atoms with E-state index in [1.54, 1.807) is 11.3 Å². The lowest BCUT2D eigenvalue weighted by molar-refractivity contribution is 0.241. The van der Waals surface area contributed by atoms with Crippen LogP contribution in [0, 0.1) is 6.92 Å². The molecule has 0 spiro atoms. The highest BCUT2D eigenvalue weighted by Crippen LogP contribution is 2.23. The molecule has 0 aromatic carbocycles. The summed E-state index contributed by atoms with van der Waals surface area (Å²) in [5.41, 5.74) is 3.91. The smallest absolute Gasteiger partial charge is 0.255 e. The Bertz CT molecular complexity index is 900. The molecule has 0 saturated heterocycles. The van der Waals surface area contributed by atoms with Crippen LogP contribution in [0.2, 0.25) is 0 Å². The highest BCUT2D eigenvalue weighted by molar-refractivity contribution is 7.13. The van der Waals surface area contributed by atoms with Crippen molar-refractivity contribution in [1.82, 2.24) is 19.9 Å². The molecule has 0 unspecified atom stereocenters. The minimum absolute atomic E-state index is 0.00614. The molecule has 0 fully saturated rings. The largest absolute Gasteiger partial charge is 0.310 e. The Hall–Kier alpha value is -2.31. The highest BCUT2D eigenvalue weighted by atomic mass is 32.1. The predicted octanol–water partition coefficient (Wildman–Crippen LogP) is 2.76. The van der Waals surface area contributed by atoms with Crippen LogP contribution in [-0.2, 0) is 19.5 Å². The van der Waals surface area contributed by atoms with E-state index in [0.717, 1.165) is 42.0 Å². The third-order valence-corrected chi connectivity index (χ3v) is 5.16. The molecule has 4 heterocycles. The number of hydrogen-bond acceptors (Lipinski definition) is 5. The third kappa shape index (κ3) is 3.02. The van der Waals surface area contributed by atoms with E-state index < -0.39 is 0 Å². The van der Waals surface area contributed by atoms with Gasteiger partial charge in [-0.3, -0.25) is 14.7 Å². The molecule has 1 aliphatic heterocycles. The molecule has 3 aromatic rings. The normalized spacial score (nSPS) is 14.5. The van der Waals surface area contributed by atoms with E-state index >= 15 is 0 Å². The first-order valence-electron chi connectivity index (χ1n) is 7.99. The lowest BCUT2D eigenvalue weighted by Gasteiger charge is -2.27. The van der Waals surface area contributed by atoms with Gasteiger partial charge in [-0.2, -0.15) is 0 Å². The minimum atomic E-state index is -0.00614. The number of hydrogen-bond donors (Lipinski definition) is 1. The number of rotatable bonds is 3. The lowest BCUT2D eigenvalue weighted by atomic mass is 10.1. The molecule has 4 rings (SSSR count). The molecule has 0 bridgehead atoms. The van der Waals surface area contributed by atoms with E-state index in [0.29, 0.717) is 12.4 Å².